The lowest BCUT2D eigenvalue weighted by atomic mass is 10.1. The Hall–Kier alpha value is -1.42. The normalized spacial score (nSPS) is 13.6. The van der Waals surface area contributed by atoms with E-state index in [1.807, 2.05) is 12.1 Å². The molecule has 1 aromatic rings. The van der Waals surface area contributed by atoms with E-state index in [4.69, 9.17) is 18.9 Å². The molecule has 0 aliphatic heterocycles. The molecule has 27 heavy (non-hydrogen) atoms. The number of ether oxygens (including phenoxy) is 4. The Morgan fingerprint density at radius 3 is 2.41 bits per heavy atom. The number of nitrogens with one attached hydrogen (secondary N) is 2. The number of hydrogen-bond acceptors (Lipinski definition) is 5. The molecule has 1 aliphatic carbocycles. The second-order valence-electron chi connectivity index (χ2n) is 6.22. The van der Waals surface area contributed by atoms with Crippen LogP contribution in [0, 0.1) is 5.92 Å². The van der Waals surface area contributed by atoms with Gasteiger partial charge in [-0.25, -0.2) is 0 Å². The van der Waals surface area contributed by atoms with Crippen LogP contribution in [0.2, 0.25) is 0 Å². The van der Waals surface area contributed by atoms with Gasteiger partial charge in [-0.1, -0.05) is 0 Å². The summed E-state index contributed by atoms with van der Waals surface area (Å²) in [5.41, 5.74) is 0.959. The molecule has 0 unspecified atom stereocenters. The summed E-state index contributed by atoms with van der Waals surface area (Å²) in [4.78, 5) is 4.25. The number of nitrogens with zero attached hydrogens (tertiary/aromatic N) is 1. The molecule has 154 valence electrons. The zero-order valence-electron chi connectivity index (χ0n) is 16.7. The van der Waals surface area contributed by atoms with E-state index in [1.165, 1.54) is 12.8 Å². The summed E-state index contributed by atoms with van der Waals surface area (Å²) in [6, 6.07) is 3.82. The maximum atomic E-state index is 5.64. The Morgan fingerprint density at radius 2 is 1.81 bits per heavy atom. The second kappa shape index (κ2) is 12.9. The molecule has 7 nitrogen and oxygen atoms in total. The lowest BCUT2D eigenvalue weighted by Crippen LogP contribution is -2.37. The molecular formula is C19H32IN3O4. The third-order valence-electron chi connectivity index (χ3n) is 4.26. The first kappa shape index (κ1) is 23.6. The van der Waals surface area contributed by atoms with Crippen LogP contribution < -0.4 is 24.8 Å². The van der Waals surface area contributed by atoms with Gasteiger partial charge in [0.25, 0.3) is 0 Å². The number of benzene rings is 1. The Morgan fingerprint density at radius 1 is 1.07 bits per heavy atom. The van der Waals surface area contributed by atoms with Gasteiger partial charge in [-0.05, 0) is 37.3 Å². The van der Waals surface area contributed by atoms with Gasteiger partial charge in [0.05, 0.1) is 21.3 Å². The standard InChI is InChI=1S/C19H31N3O4.HI/c1-20-19(21-10-5-11-26-13-14-6-7-14)22-12-15-8-9-16(23-2)18(25-4)17(15)24-3;/h8-9,14H,5-7,10-13H2,1-4H3,(H2,20,21,22);1H. The lowest BCUT2D eigenvalue weighted by molar-refractivity contribution is 0.123. The molecule has 0 saturated heterocycles. The van der Waals surface area contributed by atoms with Crippen molar-refractivity contribution in [2.24, 2.45) is 10.9 Å². The van der Waals surface area contributed by atoms with Crippen LogP contribution >= 0.6 is 24.0 Å². The van der Waals surface area contributed by atoms with Crippen LogP contribution in [-0.4, -0.2) is 54.1 Å². The SMILES string of the molecule is CN=C(NCCCOCC1CC1)NCc1ccc(OC)c(OC)c1OC.I. The molecule has 0 aromatic heterocycles. The highest BCUT2D eigenvalue weighted by Gasteiger charge is 2.20. The summed E-state index contributed by atoms with van der Waals surface area (Å²) < 4.78 is 21.9. The third kappa shape index (κ3) is 7.61. The van der Waals surface area contributed by atoms with Crippen molar-refractivity contribution in [3.63, 3.8) is 0 Å². The van der Waals surface area contributed by atoms with Gasteiger partial charge in [0.15, 0.2) is 17.5 Å². The number of halogens is 1. The van der Waals surface area contributed by atoms with E-state index < -0.39 is 0 Å². The molecule has 2 rings (SSSR count). The number of aliphatic imine (C=N–C) groups is 1. The van der Waals surface area contributed by atoms with Crippen molar-refractivity contribution < 1.29 is 18.9 Å². The fourth-order valence-electron chi connectivity index (χ4n) is 2.62. The molecule has 2 N–H and O–H groups in total. The van der Waals surface area contributed by atoms with E-state index in [2.05, 4.69) is 15.6 Å². The molecule has 0 radical (unpaired) electrons. The molecule has 1 aromatic carbocycles. The van der Waals surface area contributed by atoms with E-state index >= 15 is 0 Å². The largest absolute Gasteiger partial charge is 0.493 e. The maximum Gasteiger partial charge on any atom is 0.203 e. The predicted octanol–water partition coefficient (Wildman–Crippen LogP) is 2.81. The van der Waals surface area contributed by atoms with Gasteiger partial charge in [0, 0.05) is 38.9 Å². The second-order valence-corrected chi connectivity index (χ2v) is 6.22. The van der Waals surface area contributed by atoms with Crippen LogP contribution in [0.25, 0.3) is 0 Å². The first-order valence-corrected chi connectivity index (χ1v) is 9.03. The highest BCUT2D eigenvalue weighted by atomic mass is 127. The van der Waals surface area contributed by atoms with Gasteiger partial charge in [-0.3, -0.25) is 4.99 Å². The Kier molecular flexibility index (Phi) is 11.3. The first-order valence-electron chi connectivity index (χ1n) is 9.03. The molecular weight excluding hydrogens is 461 g/mol. The molecule has 8 heteroatoms. The van der Waals surface area contributed by atoms with Gasteiger partial charge in [0.1, 0.15) is 0 Å². The van der Waals surface area contributed by atoms with Crippen molar-refractivity contribution in [1.82, 2.24) is 10.6 Å². The van der Waals surface area contributed by atoms with Crippen molar-refractivity contribution in [1.29, 1.82) is 0 Å². The van der Waals surface area contributed by atoms with E-state index in [0.29, 0.717) is 23.8 Å². The van der Waals surface area contributed by atoms with Crippen LogP contribution in [-0.2, 0) is 11.3 Å². The van der Waals surface area contributed by atoms with E-state index in [-0.39, 0.29) is 24.0 Å². The molecule has 0 heterocycles. The van der Waals surface area contributed by atoms with Crippen molar-refractivity contribution in [2.45, 2.75) is 25.8 Å². The summed E-state index contributed by atoms with van der Waals surface area (Å²) in [5.74, 6) is 3.44. The molecule has 1 aliphatic rings. The molecule has 0 bridgehead atoms. The van der Waals surface area contributed by atoms with E-state index in [9.17, 15) is 0 Å². The Labute approximate surface area is 179 Å². The van der Waals surface area contributed by atoms with Crippen LogP contribution in [0.1, 0.15) is 24.8 Å². The quantitative estimate of drug-likeness (QED) is 0.214. The monoisotopic (exact) mass is 493 g/mol. The summed E-state index contributed by atoms with van der Waals surface area (Å²) in [7, 11) is 6.58. The molecule has 1 fully saturated rings. The molecule has 0 amide bonds. The number of hydrogen-bond donors (Lipinski definition) is 2. The average molecular weight is 493 g/mol. The molecule has 1 saturated carbocycles. The lowest BCUT2D eigenvalue weighted by Gasteiger charge is -2.17. The molecule has 0 atom stereocenters. The van der Waals surface area contributed by atoms with Gasteiger partial charge >= 0.3 is 0 Å². The zero-order chi connectivity index (χ0) is 18.8. The van der Waals surface area contributed by atoms with E-state index in [0.717, 1.165) is 43.6 Å². The minimum absolute atomic E-state index is 0. The highest BCUT2D eigenvalue weighted by Crippen LogP contribution is 2.39. The minimum Gasteiger partial charge on any atom is -0.493 e. The van der Waals surface area contributed by atoms with Crippen molar-refractivity contribution >= 4 is 29.9 Å². The maximum absolute atomic E-state index is 5.64. The Bertz CT molecular complexity index is 595. The summed E-state index contributed by atoms with van der Waals surface area (Å²) in [6.07, 6.45) is 3.61. The third-order valence-corrected chi connectivity index (χ3v) is 4.26. The van der Waals surface area contributed by atoms with Crippen LogP contribution in [0.15, 0.2) is 17.1 Å². The fraction of sp³-hybridized carbons (Fsp3) is 0.632. The average Bonchev–Trinajstić information content (AvgIpc) is 3.50. The van der Waals surface area contributed by atoms with Gasteiger partial charge in [-0.2, -0.15) is 0 Å². The van der Waals surface area contributed by atoms with Gasteiger partial charge < -0.3 is 29.6 Å². The van der Waals surface area contributed by atoms with Crippen LogP contribution in [0.5, 0.6) is 17.2 Å². The number of guanidine groups is 1. The summed E-state index contributed by atoms with van der Waals surface area (Å²) in [5, 5.41) is 6.58. The predicted molar refractivity (Wildman–Crippen MR) is 118 cm³/mol. The summed E-state index contributed by atoms with van der Waals surface area (Å²) in [6.45, 7) is 3.06. The van der Waals surface area contributed by atoms with Gasteiger partial charge in [0.2, 0.25) is 5.75 Å². The number of methoxy groups -OCH3 is 3. The fourth-order valence-corrected chi connectivity index (χ4v) is 2.62. The van der Waals surface area contributed by atoms with Crippen LogP contribution in [0.3, 0.4) is 0 Å². The van der Waals surface area contributed by atoms with Gasteiger partial charge in [-0.15, -0.1) is 24.0 Å². The summed E-state index contributed by atoms with van der Waals surface area (Å²) >= 11 is 0. The van der Waals surface area contributed by atoms with Crippen molar-refractivity contribution in [2.75, 3.05) is 48.1 Å². The van der Waals surface area contributed by atoms with Crippen LogP contribution in [0.4, 0.5) is 0 Å². The number of rotatable bonds is 11. The smallest absolute Gasteiger partial charge is 0.203 e. The van der Waals surface area contributed by atoms with E-state index in [1.54, 1.807) is 28.4 Å². The van der Waals surface area contributed by atoms with Crippen molar-refractivity contribution in [3.05, 3.63) is 17.7 Å². The zero-order valence-corrected chi connectivity index (χ0v) is 19.0. The minimum atomic E-state index is 0. The first-order chi connectivity index (χ1) is 12.7. The van der Waals surface area contributed by atoms with Crippen molar-refractivity contribution in [3.8, 4) is 17.2 Å². The Balaban J connectivity index is 0.00000364. The highest BCUT2D eigenvalue weighted by molar-refractivity contribution is 14.0. The molecule has 0 spiro atoms. The topological polar surface area (TPSA) is 73.3 Å².